The number of hydrogen-bond donors (Lipinski definition) is 1. The summed E-state index contributed by atoms with van der Waals surface area (Å²) >= 11 is 0.842. The number of halogens is 4. The second-order valence-corrected chi connectivity index (χ2v) is 5.33. The molecular formula is C12H10F4N4OS. The third kappa shape index (κ3) is 4.13. The monoisotopic (exact) mass is 334 g/mol. The molecule has 0 radical (unpaired) electrons. The molecule has 2 aromatic rings. The number of carbonyl (C=O) groups excluding carboxylic acids is 1. The van der Waals surface area contributed by atoms with Crippen LogP contribution in [0.25, 0.3) is 0 Å². The van der Waals surface area contributed by atoms with Crippen LogP contribution in [0.1, 0.15) is 16.3 Å². The maximum atomic E-state index is 12.7. The van der Waals surface area contributed by atoms with E-state index in [4.69, 9.17) is 0 Å². The molecule has 10 heteroatoms. The number of aryl methyl sites for hydroxylation is 1. The Morgan fingerprint density at radius 2 is 2.23 bits per heavy atom. The molecule has 0 fully saturated rings. The minimum absolute atomic E-state index is 0.201. The van der Waals surface area contributed by atoms with Crippen molar-refractivity contribution < 1.29 is 22.4 Å². The van der Waals surface area contributed by atoms with Crippen LogP contribution in [-0.4, -0.2) is 21.9 Å². The van der Waals surface area contributed by atoms with Crippen LogP contribution in [0.5, 0.6) is 0 Å². The number of amides is 1. The zero-order chi connectivity index (χ0) is 16.3. The fourth-order valence-corrected chi connectivity index (χ4v) is 2.15. The van der Waals surface area contributed by atoms with E-state index in [-0.39, 0.29) is 10.8 Å². The van der Waals surface area contributed by atoms with Crippen LogP contribution >= 0.6 is 11.3 Å². The van der Waals surface area contributed by atoms with E-state index in [2.05, 4.69) is 15.6 Å². The number of alkyl halides is 3. The molecule has 0 spiro atoms. The van der Waals surface area contributed by atoms with Crippen molar-refractivity contribution >= 4 is 23.5 Å². The average Bonchev–Trinajstić information content (AvgIpc) is 2.96. The molecule has 22 heavy (non-hydrogen) atoms. The van der Waals surface area contributed by atoms with Crippen LogP contribution in [0.4, 0.5) is 17.6 Å². The summed E-state index contributed by atoms with van der Waals surface area (Å²) in [5.41, 5.74) is 1.28. The van der Waals surface area contributed by atoms with Gasteiger partial charge in [0.1, 0.15) is 6.54 Å². The number of thiophene rings is 1. The van der Waals surface area contributed by atoms with Gasteiger partial charge in [-0.05, 0) is 25.1 Å². The van der Waals surface area contributed by atoms with Gasteiger partial charge in [-0.3, -0.25) is 9.48 Å². The molecule has 0 saturated carbocycles. The summed E-state index contributed by atoms with van der Waals surface area (Å²) in [6.07, 6.45) is -3.32. The Balaban J connectivity index is 1.95. The quantitative estimate of drug-likeness (QED) is 0.531. The van der Waals surface area contributed by atoms with Crippen molar-refractivity contribution in [3.8, 4) is 0 Å². The van der Waals surface area contributed by atoms with Crippen molar-refractivity contribution in [2.75, 3.05) is 0 Å². The van der Waals surface area contributed by atoms with Gasteiger partial charge in [0, 0.05) is 5.69 Å². The number of carbonyl (C=O) groups is 1. The normalized spacial score (nSPS) is 12.0. The lowest BCUT2D eigenvalue weighted by molar-refractivity contribution is -0.141. The maximum absolute atomic E-state index is 12.7. The van der Waals surface area contributed by atoms with Crippen LogP contribution in [0.15, 0.2) is 23.3 Å². The first kappa shape index (κ1) is 16.1. The Kier molecular flexibility index (Phi) is 4.59. The van der Waals surface area contributed by atoms with Crippen molar-refractivity contribution in [2.45, 2.75) is 19.6 Å². The highest BCUT2D eigenvalue weighted by Crippen LogP contribution is 2.28. The number of hydrazone groups is 1. The van der Waals surface area contributed by atoms with Gasteiger partial charge in [0.05, 0.1) is 11.1 Å². The minimum Gasteiger partial charge on any atom is -0.271 e. The standard InChI is InChI=1S/C12H10F4N4OS/c1-7-4-9(12(14,15)16)19-20(7)6-11(21)18-17-5-8-2-3-10(13)22-8/h2-5H,6H2,1H3,(H,18,21)/b17-5-. The molecule has 118 valence electrons. The third-order valence-electron chi connectivity index (χ3n) is 2.54. The number of aromatic nitrogens is 2. The molecule has 2 heterocycles. The summed E-state index contributed by atoms with van der Waals surface area (Å²) in [5.74, 6) is -0.645. The van der Waals surface area contributed by atoms with Crippen LogP contribution in [-0.2, 0) is 17.5 Å². The minimum atomic E-state index is -4.56. The summed E-state index contributed by atoms with van der Waals surface area (Å²) in [7, 11) is 0. The number of rotatable bonds is 4. The first-order valence-corrected chi connectivity index (χ1v) is 6.76. The van der Waals surface area contributed by atoms with Gasteiger partial charge in [0.25, 0.3) is 5.91 Å². The van der Waals surface area contributed by atoms with Gasteiger partial charge in [-0.2, -0.15) is 27.8 Å². The van der Waals surface area contributed by atoms with E-state index in [0.29, 0.717) is 4.88 Å². The number of nitrogens with one attached hydrogen (secondary N) is 1. The Hall–Kier alpha value is -2.23. The molecule has 0 unspecified atom stereocenters. The van der Waals surface area contributed by atoms with E-state index in [1.165, 1.54) is 25.3 Å². The van der Waals surface area contributed by atoms with E-state index in [0.717, 1.165) is 22.1 Å². The van der Waals surface area contributed by atoms with E-state index in [9.17, 15) is 22.4 Å². The highest BCUT2D eigenvalue weighted by Gasteiger charge is 2.34. The Bertz CT molecular complexity index is 704. The molecule has 1 N–H and O–H groups in total. The summed E-state index contributed by atoms with van der Waals surface area (Å²) in [5, 5.41) is 6.52. The summed E-state index contributed by atoms with van der Waals surface area (Å²) in [4.78, 5) is 12.1. The Morgan fingerprint density at radius 3 is 2.77 bits per heavy atom. The van der Waals surface area contributed by atoms with Crippen molar-refractivity contribution in [3.05, 3.63) is 39.6 Å². The van der Waals surface area contributed by atoms with E-state index >= 15 is 0 Å². The fraction of sp³-hybridized carbons (Fsp3) is 0.250. The molecule has 5 nitrogen and oxygen atoms in total. The maximum Gasteiger partial charge on any atom is 0.435 e. The summed E-state index contributed by atoms with van der Waals surface area (Å²) in [6.45, 7) is 1.01. The molecule has 0 bridgehead atoms. The van der Waals surface area contributed by atoms with Crippen LogP contribution in [0.2, 0.25) is 0 Å². The molecular weight excluding hydrogens is 324 g/mol. The van der Waals surface area contributed by atoms with E-state index < -0.39 is 24.3 Å². The van der Waals surface area contributed by atoms with E-state index in [1.807, 2.05) is 0 Å². The topological polar surface area (TPSA) is 59.3 Å². The smallest absolute Gasteiger partial charge is 0.271 e. The largest absolute Gasteiger partial charge is 0.435 e. The van der Waals surface area contributed by atoms with Crippen LogP contribution in [0.3, 0.4) is 0 Å². The van der Waals surface area contributed by atoms with Gasteiger partial charge >= 0.3 is 6.18 Å². The highest BCUT2D eigenvalue weighted by atomic mass is 32.1. The molecule has 2 aromatic heterocycles. The molecule has 0 aliphatic carbocycles. The fourth-order valence-electron chi connectivity index (χ4n) is 1.55. The van der Waals surface area contributed by atoms with Crippen molar-refractivity contribution in [3.63, 3.8) is 0 Å². The lowest BCUT2D eigenvalue weighted by Crippen LogP contribution is -2.24. The first-order valence-electron chi connectivity index (χ1n) is 5.94. The van der Waals surface area contributed by atoms with Gasteiger partial charge in [-0.1, -0.05) is 0 Å². The van der Waals surface area contributed by atoms with Gasteiger partial charge in [0.2, 0.25) is 0 Å². The SMILES string of the molecule is Cc1cc(C(F)(F)F)nn1CC(=O)N/N=C\c1ccc(F)s1. The molecule has 1 amide bonds. The predicted molar refractivity (Wildman–Crippen MR) is 72.0 cm³/mol. The molecule has 0 saturated heterocycles. The zero-order valence-corrected chi connectivity index (χ0v) is 12.0. The Labute approximate surface area is 126 Å². The first-order chi connectivity index (χ1) is 10.3. The lowest BCUT2D eigenvalue weighted by Gasteiger charge is -2.03. The molecule has 0 aliphatic heterocycles. The molecule has 0 aliphatic rings. The zero-order valence-electron chi connectivity index (χ0n) is 11.2. The Morgan fingerprint density at radius 1 is 1.50 bits per heavy atom. The van der Waals surface area contributed by atoms with E-state index in [1.54, 1.807) is 0 Å². The average molecular weight is 334 g/mol. The lowest BCUT2D eigenvalue weighted by atomic mass is 10.3. The number of hydrogen-bond acceptors (Lipinski definition) is 4. The summed E-state index contributed by atoms with van der Waals surface area (Å²) < 4.78 is 51.1. The van der Waals surface area contributed by atoms with Crippen molar-refractivity contribution in [1.82, 2.24) is 15.2 Å². The third-order valence-corrected chi connectivity index (χ3v) is 3.35. The second kappa shape index (κ2) is 6.26. The van der Waals surface area contributed by atoms with Crippen LogP contribution < -0.4 is 5.43 Å². The number of nitrogens with zero attached hydrogens (tertiary/aromatic N) is 3. The second-order valence-electron chi connectivity index (χ2n) is 4.26. The molecule has 2 rings (SSSR count). The van der Waals surface area contributed by atoms with Gasteiger partial charge < -0.3 is 0 Å². The highest BCUT2D eigenvalue weighted by molar-refractivity contribution is 7.12. The van der Waals surface area contributed by atoms with Crippen LogP contribution in [0, 0.1) is 12.1 Å². The molecule has 0 atom stereocenters. The van der Waals surface area contributed by atoms with Gasteiger partial charge in [-0.25, -0.2) is 5.43 Å². The van der Waals surface area contributed by atoms with Gasteiger partial charge in [-0.15, -0.1) is 11.3 Å². The van der Waals surface area contributed by atoms with Crippen molar-refractivity contribution in [1.29, 1.82) is 0 Å². The van der Waals surface area contributed by atoms with Crippen molar-refractivity contribution in [2.24, 2.45) is 5.10 Å². The summed E-state index contributed by atoms with van der Waals surface area (Å²) in [6, 6.07) is 3.58. The van der Waals surface area contributed by atoms with Gasteiger partial charge in [0.15, 0.2) is 10.8 Å². The predicted octanol–water partition coefficient (Wildman–Crippen LogP) is 2.56. The molecule has 0 aromatic carbocycles.